The molecule has 1 aromatic rings. The van der Waals surface area contributed by atoms with Gasteiger partial charge in [-0.2, -0.15) is 0 Å². The van der Waals surface area contributed by atoms with Gasteiger partial charge in [-0.1, -0.05) is 12.1 Å². The summed E-state index contributed by atoms with van der Waals surface area (Å²) in [5.74, 6) is 0.137. The summed E-state index contributed by atoms with van der Waals surface area (Å²) >= 11 is 0. The summed E-state index contributed by atoms with van der Waals surface area (Å²) in [6, 6.07) is 8.58. The van der Waals surface area contributed by atoms with Crippen molar-refractivity contribution < 1.29 is 4.79 Å². The van der Waals surface area contributed by atoms with Gasteiger partial charge in [0.25, 0.3) is 0 Å². The number of ketones is 1. The van der Waals surface area contributed by atoms with E-state index in [0.717, 1.165) is 31.7 Å². The van der Waals surface area contributed by atoms with Crippen molar-refractivity contribution in [2.24, 2.45) is 0 Å². The number of rotatable bonds is 3. The number of carbonyl (C=O) groups is 1. The van der Waals surface area contributed by atoms with E-state index in [1.165, 1.54) is 5.69 Å². The van der Waals surface area contributed by atoms with Crippen LogP contribution in [0.3, 0.4) is 0 Å². The first-order chi connectivity index (χ1) is 8.58. The number of piperazine rings is 1. The second kappa shape index (κ2) is 5.53. The van der Waals surface area contributed by atoms with Crippen LogP contribution in [0.4, 0.5) is 5.69 Å². The Hall–Kier alpha value is -1.35. The van der Waals surface area contributed by atoms with Gasteiger partial charge in [0, 0.05) is 43.5 Å². The summed E-state index contributed by atoms with van der Waals surface area (Å²) in [5.41, 5.74) is 1.98. The summed E-state index contributed by atoms with van der Waals surface area (Å²) in [6.07, 6.45) is 0. The molecular formula is C15H22N2O. The molecule has 1 aliphatic rings. The van der Waals surface area contributed by atoms with Gasteiger partial charge in [0.15, 0.2) is 5.78 Å². The molecule has 0 spiro atoms. The van der Waals surface area contributed by atoms with Crippen molar-refractivity contribution in [3.8, 4) is 0 Å². The first kappa shape index (κ1) is 13.1. The molecule has 1 fully saturated rings. The van der Waals surface area contributed by atoms with E-state index in [-0.39, 0.29) is 5.78 Å². The first-order valence-corrected chi connectivity index (χ1v) is 6.68. The average Bonchev–Trinajstić information content (AvgIpc) is 2.39. The topological polar surface area (TPSA) is 23.6 Å². The fourth-order valence-electron chi connectivity index (χ4n) is 2.42. The molecule has 98 valence electrons. The molecule has 0 aromatic heterocycles. The van der Waals surface area contributed by atoms with E-state index >= 15 is 0 Å². The van der Waals surface area contributed by atoms with Crippen LogP contribution in [0.1, 0.15) is 31.1 Å². The van der Waals surface area contributed by atoms with E-state index in [1.807, 2.05) is 18.2 Å². The van der Waals surface area contributed by atoms with E-state index in [0.29, 0.717) is 6.04 Å². The molecule has 2 rings (SSSR count). The Balaban J connectivity index is 2.05. The van der Waals surface area contributed by atoms with Crippen LogP contribution in [-0.4, -0.2) is 42.9 Å². The van der Waals surface area contributed by atoms with Crippen molar-refractivity contribution in [3.05, 3.63) is 29.8 Å². The minimum absolute atomic E-state index is 0.137. The van der Waals surface area contributed by atoms with Gasteiger partial charge >= 0.3 is 0 Å². The number of benzene rings is 1. The first-order valence-electron chi connectivity index (χ1n) is 6.68. The quantitative estimate of drug-likeness (QED) is 0.765. The van der Waals surface area contributed by atoms with Gasteiger partial charge in [0.2, 0.25) is 0 Å². The highest BCUT2D eigenvalue weighted by molar-refractivity contribution is 5.94. The van der Waals surface area contributed by atoms with Gasteiger partial charge in [-0.25, -0.2) is 0 Å². The van der Waals surface area contributed by atoms with Crippen molar-refractivity contribution in [3.63, 3.8) is 0 Å². The van der Waals surface area contributed by atoms with E-state index in [2.05, 4.69) is 29.7 Å². The van der Waals surface area contributed by atoms with Crippen LogP contribution in [-0.2, 0) is 0 Å². The Morgan fingerprint density at radius 3 is 2.39 bits per heavy atom. The van der Waals surface area contributed by atoms with E-state index in [4.69, 9.17) is 0 Å². The predicted octanol–water partition coefficient (Wildman–Crippen LogP) is 2.42. The largest absolute Gasteiger partial charge is 0.369 e. The van der Waals surface area contributed by atoms with Crippen LogP contribution >= 0.6 is 0 Å². The van der Waals surface area contributed by atoms with Crippen molar-refractivity contribution in [1.29, 1.82) is 0 Å². The van der Waals surface area contributed by atoms with E-state index < -0.39 is 0 Å². The minimum atomic E-state index is 0.137. The lowest BCUT2D eigenvalue weighted by atomic mass is 10.1. The van der Waals surface area contributed by atoms with Gasteiger partial charge < -0.3 is 4.90 Å². The predicted molar refractivity (Wildman–Crippen MR) is 75.4 cm³/mol. The smallest absolute Gasteiger partial charge is 0.159 e. The summed E-state index contributed by atoms with van der Waals surface area (Å²) in [5, 5.41) is 0. The van der Waals surface area contributed by atoms with Crippen LogP contribution in [0.2, 0.25) is 0 Å². The molecule has 0 amide bonds. The zero-order valence-electron chi connectivity index (χ0n) is 11.5. The van der Waals surface area contributed by atoms with Gasteiger partial charge in [-0.05, 0) is 32.9 Å². The molecule has 3 heteroatoms. The van der Waals surface area contributed by atoms with Crippen LogP contribution in [0.25, 0.3) is 0 Å². The number of Topliss-reactive ketones (excluding diaryl/α,β-unsaturated/α-hetero) is 1. The molecule has 0 radical (unpaired) electrons. The molecule has 0 aliphatic carbocycles. The highest BCUT2D eigenvalue weighted by Crippen LogP contribution is 2.19. The molecule has 18 heavy (non-hydrogen) atoms. The normalized spacial score (nSPS) is 17.2. The SMILES string of the molecule is CC(=O)c1cccc(N2CCN(C(C)C)CC2)c1. The van der Waals surface area contributed by atoms with E-state index in [1.54, 1.807) is 6.92 Å². The summed E-state index contributed by atoms with van der Waals surface area (Å²) in [4.78, 5) is 16.3. The molecule has 1 aromatic carbocycles. The third-order valence-electron chi connectivity index (χ3n) is 3.66. The van der Waals surface area contributed by atoms with Crippen molar-refractivity contribution >= 4 is 11.5 Å². The lowest BCUT2D eigenvalue weighted by molar-refractivity contribution is 0.101. The summed E-state index contributed by atoms with van der Waals surface area (Å²) < 4.78 is 0. The zero-order chi connectivity index (χ0) is 13.1. The highest BCUT2D eigenvalue weighted by Gasteiger charge is 2.19. The molecule has 0 unspecified atom stereocenters. The summed E-state index contributed by atoms with van der Waals surface area (Å²) in [6.45, 7) is 10.4. The Morgan fingerprint density at radius 1 is 1.17 bits per heavy atom. The summed E-state index contributed by atoms with van der Waals surface area (Å²) in [7, 11) is 0. The molecule has 0 bridgehead atoms. The van der Waals surface area contributed by atoms with Crippen molar-refractivity contribution in [1.82, 2.24) is 4.90 Å². The molecule has 1 saturated heterocycles. The second-order valence-electron chi connectivity index (χ2n) is 5.22. The Morgan fingerprint density at radius 2 is 1.83 bits per heavy atom. The monoisotopic (exact) mass is 246 g/mol. The minimum Gasteiger partial charge on any atom is -0.369 e. The molecule has 0 saturated carbocycles. The lowest BCUT2D eigenvalue weighted by Crippen LogP contribution is -2.48. The number of hydrogen-bond acceptors (Lipinski definition) is 3. The van der Waals surface area contributed by atoms with Crippen molar-refractivity contribution in [2.75, 3.05) is 31.1 Å². The maximum atomic E-state index is 11.4. The molecular weight excluding hydrogens is 224 g/mol. The van der Waals surface area contributed by atoms with Crippen LogP contribution in [0.15, 0.2) is 24.3 Å². The fourth-order valence-corrected chi connectivity index (χ4v) is 2.42. The fraction of sp³-hybridized carbons (Fsp3) is 0.533. The third-order valence-corrected chi connectivity index (χ3v) is 3.66. The molecule has 0 N–H and O–H groups in total. The Bertz CT molecular complexity index is 420. The molecule has 1 aliphatic heterocycles. The number of hydrogen-bond donors (Lipinski definition) is 0. The van der Waals surface area contributed by atoms with Crippen LogP contribution in [0.5, 0.6) is 0 Å². The number of anilines is 1. The molecule has 0 atom stereocenters. The van der Waals surface area contributed by atoms with Crippen LogP contribution in [0, 0.1) is 0 Å². The van der Waals surface area contributed by atoms with Gasteiger partial charge in [0.1, 0.15) is 0 Å². The maximum Gasteiger partial charge on any atom is 0.159 e. The average molecular weight is 246 g/mol. The second-order valence-corrected chi connectivity index (χ2v) is 5.22. The Kier molecular flexibility index (Phi) is 4.02. The van der Waals surface area contributed by atoms with Gasteiger partial charge in [-0.15, -0.1) is 0 Å². The highest BCUT2D eigenvalue weighted by atomic mass is 16.1. The molecule has 3 nitrogen and oxygen atoms in total. The van der Waals surface area contributed by atoms with E-state index in [9.17, 15) is 4.79 Å². The lowest BCUT2D eigenvalue weighted by Gasteiger charge is -2.38. The van der Waals surface area contributed by atoms with Crippen LogP contribution < -0.4 is 4.90 Å². The zero-order valence-corrected chi connectivity index (χ0v) is 11.5. The number of carbonyl (C=O) groups excluding carboxylic acids is 1. The van der Waals surface area contributed by atoms with Gasteiger partial charge in [0.05, 0.1) is 0 Å². The van der Waals surface area contributed by atoms with Crippen molar-refractivity contribution in [2.45, 2.75) is 26.8 Å². The molecule has 1 heterocycles. The number of nitrogens with zero attached hydrogens (tertiary/aromatic N) is 2. The standard InChI is InChI=1S/C15H22N2O/c1-12(2)16-7-9-17(10-8-16)15-6-4-5-14(11-15)13(3)18/h4-6,11-12H,7-10H2,1-3H3. The Labute approximate surface area is 109 Å². The maximum absolute atomic E-state index is 11.4. The third kappa shape index (κ3) is 2.91. The van der Waals surface area contributed by atoms with Gasteiger partial charge in [-0.3, -0.25) is 9.69 Å².